The molecule has 5 heterocycles. The first-order chi connectivity index (χ1) is 28.8. The summed E-state index contributed by atoms with van der Waals surface area (Å²) in [6, 6.07) is 64.3. The number of aromatic nitrogens is 4. The Balaban J connectivity index is 1.33. The minimum absolute atomic E-state index is 0.887. The van der Waals surface area contributed by atoms with Crippen LogP contribution in [0.25, 0.3) is 113 Å². The Bertz CT molecular complexity index is 3200. The van der Waals surface area contributed by atoms with Crippen LogP contribution >= 0.6 is 0 Å². The Hall–Kier alpha value is -7.82. The van der Waals surface area contributed by atoms with Crippen LogP contribution in [-0.2, 0) is 0 Å². The zero-order valence-electron chi connectivity index (χ0n) is 31.5. The summed E-state index contributed by atoms with van der Waals surface area (Å²) in [5.74, 6) is 0. The first-order valence-corrected chi connectivity index (χ1v) is 19.7. The summed E-state index contributed by atoms with van der Waals surface area (Å²) in [6.45, 7) is 0. The summed E-state index contributed by atoms with van der Waals surface area (Å²) in [7, 11) is 0. The van der Waals surface area contributed by atoms with Crippen molar-refractivity contribution < 1.29 is 0 Å². The molecule has 9 aromatic rings. The Kier molecular flexibility index (Phi) is 8.11. The third-order valence-corrected chi connectivity index (χ3v) is 11.2. The maximum atomic E-state index is 5.56. The summed E-state index contributed by atoms with van der Waals surface area (Å²) in [5.41, 5.74) is 18.3. The molecule has 8 bridgehead atoms. The lowest BCUT2D eigenvalue weighted by atomic mass is 9.91. The number of H-pyrrole nitrogens is 2. The predicted octanol–water partition coefficient (Wildman–Crippen LogP) is 14.1. The zero-order chi connectivity index (χ0) is 38.4. The van der Waals surface area contributed by atoms with E-state index in [0.717, 1.165) is 89.4 Å². The van der Waals surface area contributed by atoms with Crippen LogP contribution in [0.1, 0.15) is 22.8 Å². The van der Waals surface area contributed by atoms with Gasteiger partial charge in [0.2, 0.25) is 0 Å². The molecule has 0 fully saturated rings. The highest BCUT2D eigenvalue weighted by Crippen LogP contribution is 2.42. The van der Waals surface area contributed by atoms with Gasteiger partial charge in [-0.25, -0.2) is 9.97 Å². The van der Waals surface area contributed by atoms with Crippen molar-refractivity contribution in [1.29, 1.82) is 0 Å². The number of aromatic amines is 2. The highest BCUT2D eigenvalue weighted by atomic mass is 14.8. The molecule has 11 rings (SSSR count). The average molecular weight is 741 g/mol. The number of nitrogens with one attached hydrogen (secondary N) is 2. The van der Waals surface area contributed by atoms with Gasteiger partial charge in [-0.05, 0) is 92.7 Å². The molecular weight excluding hydrogens is 705 g/mol. The second kappa shape index (κ2) is 14.0. The van der Waals surface area contributed by atoms with Crippen molar-refractivity contribution in [2.75, 3.05) is 0 Å². The molecule has 0 spiro atoms. The summed E-state index contributed by atoms with van der Waals surface area (Å²) < 4.78 is 0. The fraction of sp³-hybridized carbons (Fsp3) is 0. The van der Waals surface area contributed by atoms with Crippen LogP contribution < -0.4 is 0 Å². The summed E-state index contributed by atoms with van der Waals surface area (Å²) in [4.78, 5) is 18.8. The Morgan fingerprint density at radius 1 is 0.276 bits per heavy atom. The molecule has 58 heavy (non-hydrogen) atoms. The number of hydrogen-bond acceptors (Lipinski definition) is 2. The van der Waals surface area contributed by atoms with Gasteiger partial charge in [0, 0.05) is 44.3 Å². The monoisotopic (exact) mass is 740 g/mol. The van der Waals surface area contributed by atoms with E-state index in [1.165, 1.54) is 21.9 Å². The van der Waals surface area contributed by atoms with Crippen LogP contribution in [-0.4, -0.2) is 19.9 Å². The van der Waals surface area contributed by atoms with Crippen LogP contribution in [0.15, 0.2) is 182 Å². The van der Waals surface area contributed by atoms with E-state index in [0.29, 0.717) is 0 Å². The summed E-state index contributed by atoms with van der Waals surface area (Å²) in [6.07, 6.45) is 8.64. The van der Waals surface area contributed by atoms with Crippen molar-refractivity contribution >= 4 is 57.1 Å². The summed E-state index contributed by atoms with van der Waals surface area (Å²) in [5, 5.41) is 2.35. The largest absolute Gasteiger partial charge is 0.354 e. The van der Waals surface area contributed by atoms with Crippen LogP contribution in [0, 0.1) is 0 Å². The van der Waals surface area contributed by atoms with Crippen molar-refractivity contribution in [1.82, 2.24) is 19.9 Å². The molecular formula is C54H36N4. The van der Waals surface area contributed by atoms with Gasteiger partial charge in [0.25, 0.3) is 0 Å². The zero-order valence-corrected chi connectivity index (χ0v) is 31.5. The second-order valence-electron chi connectivity index (χ2n) is 14.7. The van der Waals surface area contributed by atoms with Crippen molar-refractivity contribution in [3.8, 4) is 55.6 Å². The van der Waals surface area contributed by atoms with Crippen molar-refractivity contribution in [2.24, 2.45) is 0 Å². The molecule has 0 unspecified atom stereocenters. The van der Waals surface area contributed by atoms with Gasteiger partial charge < -0.3 is 9.97 Å². The number of rotatable bonds is 5. The maximum Gasteiger partial charge on any atom is 0.0737 e. The molecule has 2 aliphatic heterocycles. The van der Waals surface area contributed by atoms with Crippen molar-refractivity contribution in [2.45, 2.75) is 0 Å². The molecule has 0 amide bonds. The number of benzene rings is 6. The van der Waals surface area contributed by atoms with Crippen LogP contribution in [0.3, 0.4) is 0 Å². The smallest absolute Gasteiger partial charge is 0.0737 e. The SMILES string of the molecule is C1=Cc2nc1c(-c1ccccc1)c1ccc([nH]1)c(-c1ccccc1)c1nc(c(-c3cccc4cccc(-c5ccccc5)c34)c3ccc([nH]3)c2-c2ccccc2)C=C1. The molecule has 272 valence electrons. The number of fused-ring (bicyclic) bond motifs is 9. The number of hydrogen-bond donors (Lipinski definition) is 2. The van der Waals surface area contributed by atoms with E-state index < -0.39 is 0 Å². The minimum Gasteiger partial charge on any atom is -0.354 e. The molecule has 0 radical (unpaired) electrons. The van der Waals surface area contributed by atoms with Gasteiger partial charge in [0.15, 0.2) is 0 Å². The lowest BCUT2D eigenvalue weighted by Crippen LogP contribution is -1.91. The standard InChI is InChI=1S/C54H36N4/c1-5-15-35(16-6-1)40-25-13-23-36-24-14-26-41(50(36)40)54-48-33-31-46(57-48)52(38-19-9-3-10-20-38)44-29-27-42(55-44)51(37-17-7-2-8-18-37)43-28-30-45(56-43)53(39-21-11-4-12-22-39)47-32-34-49(54)58-47/h1-34,55,58H. The van der Waals surface area contributed by atoms with E-state index in [-0.39, 0.29) is 0 Å². The molecule has 2 N–H and O–H groups in total. The van der Waals surface area contributed by atoms with Crippen molar-refractivity contribution in [3.05, 3.63) is 205 Å². The van der Waals surface area contributed by atoms with E-state index in [1.807, 2.05) is 0 Å². The van der Waals surface area contributed by atoms with Gasteiger partial charge in [-0.1, -0.05) is 158 Å². The van der Waals surface area contributed by atoms with Gasteiger partial charge in [-0.3, -0.25) is 0 Å². The molecule has 0 atom stereocenters. The molecule has 4 nitrogen and oxygen atoms in total. The van der Waals surface area contributed by atoms with Crippen LogP contribution in [0.2, 0.25) is 0 Å². The van der Waals surface area contributed by atoms with Gasteiger partial charge in [0.05, 0.1) is 22.8 Å². The Morgan fingerprint density at radius 2 is 0.621 bits per heavy atom. The second-order valence-corrected chi connectivity index (χ2v) is 14.7. The lowest BCUT2D eigenvalue weighted by Gasteiger charge is -2.13. The molecule has 6 aromatic carbocycles. The Morgan fingerprint density at radius 3 is 1.03 bits per heavy atom. The van der Waals surface area contributed by atoms with Crippen molar-refractivity contribution in [3.63, 3.8) is 0 Å². The summed E-state index contributed by atoms with van der Waals surface area (Å²) >= 11 is 0. The third kappa shape index (κ3) is 5.78. The Labute approximate surface area is 336 Å². The van der Waals surface area contributed by atoms with E-state index in [1.54, 1.807) is 0 Å². The van der Waals surface area contributed by atoms with E-state index in [4.69, 9.17) is 9.97 Å². The molecule has 0 saturated heterocycles. The molecule has 3 aromatic heterocycles. The fourth-order valence-corrected chi connectivity index (χ4v) is 8.62. The van der Waals surface area contributed by atoms with Crippen LogP contribution in [0.4, 0.5) is 0 Å². The molecule has 2 aliphatic rings. The van der Waals surface area contributed by atoms with E-state index in [9.17, 15) is 0 Å². The third-order valence-electron chi connectivity index (χ3n) is 11.2. The predicted molar refractivity (Wildman–Crippen MR) is 244 cm³/mol. The number of nitrogens with zero attached hydrogens (tertiary/aromatic N) is 2. The molecule has 0 saturated carbocycles. The first-order valence-electron chi connectivity index (χ1n) is 19.7. The van der Waals surface area contributed by atoms with Gasteiger partial charge in [-0.15, -0.1) is 0 Å². The van der Waals surface area contributed by atoms with Gasteiger partial charge >= 0.3 is 0 Å². The highest BCUT2D eigenvalue weighted by molar-refractivity contribution is 6.10. The van der Waals surface area contributed by atoms with E-state index >= 15 is 0 Å². The molecule has 4 heteroatoms. The van der Waals surface area contributed by atoms with E-state index in [2.05, 4.69) is 216 Å². The quantitative estimate of drug-likeness (QED) is 0.185. The minimum atomic E-state index is 0.887. The van der Waals surface area contributed by atoms with Gasteiger partial charge in [-0.2, -0.15) is 0 Å². The highest BCUT2D eigenvalue weighted by Gasteiger charge is 2.20. The normalized spacial score (nSPS) is 12.0. The average Bonchev–Trinajstić information content (AvgIpc) is 4.13. The maximum absolute atomic E-state index is 5.56. The lowest BCUT2D eigenvalue weighted by molar-refractivity contribution is 1.31. The topological polar surface area (TPSA) is 57.4 Å². The first kappa shape index (κ1) is 33.5. The molecule has 0 aliphatic carbocycles. The fourth-order valence-electron chi connectivity index (χ4n) is 8.62. The van der Waals surface area contributed by atoms with Crippen LogP contribution in [0.5, 0.6) is 0 Å². The van der Waals surface area contributed by atoms with Gasteiger partial charge in [0.1, 0.15) is 0 Å².